The molecule has 2 aromatic carbocycles. The quantitative estimate of drug-likeness (QED) is 0.914. The molecular weight excluding hydrogens is 333 g/mol. The van der Waals surface area contributed by atoms with Crippen LogP contribution in [0.2, 0.25) is 5.02 Å². The molecule has 6 heteroatoms. The summed E-state index contributed by atoms with van der Waals surface area (Å²) >= 11 is 6.03. The van der Waals surface area contributed by atoms with Crippen molar-refractivity contribution in [2.24, 2.45) is 0 Å². The lowest BCUT2D eigenvalue weighted by Gasteiger charge is -2.26. The van der Waals surface area contributed by atoms with E-state index in [4.69, 9.17) is 21.1 Å². The zero-order valence-corrected chi connectivity index (χ0v) is 13.9. The Kier molecular flexibility index (Phi) is 4.90. The van der Waals surface area contributed by atoms with Gasteiger partial charge in [0.15, 0.2) is 11.5 Å². The lowest BCUT2D eigenvalue weighted by Crippen LogP contribution is -2.34. The summed E-state index contributed by atoms with van der Waals surface area (Å²) in [4.78, 5) is 12.2. The Morgan fingerprint density at radius 2 is 2.04 bits per heavy atom. The number of hydrogen-bond acceptors (Lipinski definition) is 3. The van der Waals surface area contributed by atoms with Gasteiger partial charge in [-0.3, -0.25) is 4.79 Å². The zero-order chi connectivity index (χ0) is 17.1. The number of fused-ring (bicyclic) bond motifs is 1. The van der Waals surface area contributed by atoms with Crippen molar-refractivity contribution in [2.75, 3.05) is 13.2 Å². The molecule has 1 heterocycles. The van der Waals surface area contributed by atoms with E-state index in [0.717, 1.165) is 0 Å². The Hall–Kier alpha value is -2.27. The molecule has 1 atom stereocenters. The monoisotopic (exact) mass is 349 g/mol. The van der Waals surface area contributed by atoms with Gasteiger partial charge in [-0.25, -0.2) is 4.39 Å². The second-order valence-corrected chi connectivity index (χ2v) is 5.97. The minimum absolute atomic E-state index is 0.122. The number of aryl methyl sites for hydroxylation is 1. The molecule has 4 nitrogen and oxygen atoms in total. The molecule has 1 aliphatic heterocycles. The molecule has 1 amide bonds. The van der Waals surface area contributed by atoms with E-state index in [9.17, 15) is 9.18 Å². The third-order valence-electron chi connectivity index (χ3n) is 3.83. The van der Waals surface area contributed by atoms with E-state index in [1.165, 1.54) is 6.07 Å². The minimum atomic E-state index is -0.630. The van der Waals surface area contributed by atoms with Crippen LogP contribution in [0.1, 0.15) is 22.3 Å². The second-order valence-electron chi connectivity index (χ2n) is 5.60. The van der Waals surface area contributed by atoms with Crippen molar-refractivity contribution in [2.45, 2.75) is 19.4 Å². The average molecular weight is 350 g/mol. The number of carbonyl (C=O) groups excluding carboxylic acids is 1. The molecule has 0 saturated carbocycles. The number of ether oxygens (including phenoxy) is 2. The van der Waals surface area contributed by atoms with Crippen LogP contribution in [-0.2, 0) is 0 Å². The number of nitrogens with one attached hydrogen (secondary N) is 1. The van der Waals surface area contributed by atoms with Crippen molar-refractivity contribution in [3.63, 3.8) is 0 Å². The Balaban J connectivity index is 1.56. The zero-order valence-electron chi connectivity index (χ0n) is 13.1. The molecule has 0 aliphatic carbocycles. The topological polar surface area (TPSA) is 47.6 Å². The van der Waals surface area contributed by atoms with Gasteiger partial charge in [0.05, 0.1) is 10.6 Å². The lowest BCUT2D eigenvalue weighted by atomic mass is 10.1. The molecule has 3 rings (SSSR count). The van der Waals surface area contributed by atoms with E-state index in [1.54, 1.807) is 13.0 Å². The smallest absolute Gasteiger partial charge is 0.255 e. The van der Waals surface area contributed by atoms with Crippen molar-refractivity contribution in [1.29, 1.82) is 0 Å². The number of benzene rings is 2. The van der Waals surface area contributed by atoms with Crippen molar-refractivity contribution in [1.82, 2.24) is 5.32 Å². The number of rotatable bonds is 4. The molecular formula is C18H17ClFNO3. The first-order chi connectivity index (χ1) is 11.6. The molecule has 1 aliphatic rings. The van der Waals surface area contributed by atoms with E-state index in [-0.39, 0.29) is 16.7 Å². The summed E-state index contributed by atoms with van der Waals surface area (Å²) in [6.07, 6.45) is 0.378. The Morgan fingerprint density at radius 3 is 2.83 bits per heavy atom. The summed E-state index contributed by atoms with van der Waals surface area (Å²) in [7, 11) is 0. The van der Waals surface area contributed by atoms with Gasteiger partial charge in [0.2, 0.25) is 0 Å². The predicted octanol–water partition coefficient (Wildman–Crippen LogP) is 3.75. The number of hydrogen-bond donors (Lipinski definition) is 1. The van der Waals surface area contributed by atoms with Gasteiger partial charge < -0.3 is 14.8 Å². The molecule has 2 aromatic rings. The highest BCUT2D eigenvalue weighted by Gasteiger charge is 2.21. The summed E-state index contributed by atoms with van der Waals surface area (Å²) in [5.74, 6) is 0.242. The van der Waals surface area contributed by atoms with Gasteiger partial charge in [0, 0.05) is 13.0 Å². The fourth-order valence-corrected chi connectivity index (χ4v) is 2.74. The van der Waals surface area contributed by atoms with Crippen LogP contribution in [0.3, 0.4) is 0 Å². The van der Waals surface area contributed by atoms with E-state index >= 15 is 0 Å². The number of carbonyl (C=O) groups is 1. The fraction of sp³-hybridized carbons (Fsp3) is 0.278. The summed E-state index contributed by atoms with van der Waals surface area (Å²) in [6, 6.07) is 10.2. The van der Waals surface area contributed by atoms with Crippen LogP contribution in [0.5, 0.6) is 11.5 Å². The van der Waals surface area contributed by atoms with Crippen LogP contribution in [0, 0.1) is 12.7 Å². The second kappa shape index (κ2) is 7.09. The Labute approximate surface area is 144 Å². The average Bonchev–Trinajstić information content (AvgIpc) is 2.58. The standard InChI is InChI=1S/C18H17ClFNO3/c1-11-6-7-13(20)16(17(11)19)18(22)21-9-8-12-10-23-14-4-2-3-5-15(14)24-12/h2-7,12H,8-10H2,1H3,(H,21,22). The van der Waals surface area contributed by atoms with Gasteiger partial charge in [-0.15, -0.1) is 0 Å². The summed E-state index contributed by atoms with van der Waals surface area (Å²) in [5.41, 5.74) is 0.534. The van der Waals surface area contributed by atoms with Gasteiger partial charge in [-0.1, -0.05) is 29.8 Å². The molecule has 24 heavy (non-hydrogen) atoms. The van der Waals surface area contributed by atoms with Crippen LogP contribution in [-0.4, -0.2) is 25.2 Å². The number of para-hydroxylation sites is 2. The van der Waals surface area contributed by atoms with Gasteiger partial charge in [0.25, 0.3) is 5.91 Å². The highest BCUT2D eigenvalue weighted by molar-refractivity contribution is 6.34. The SMILES string of the molecule is Cc1ccc(F)c(C(=O)NCCC2COc3ccccc3O2)c1Cl. The maximum Gasteiger partial charge on any atom is 0.255 e. The summed E-state index contributed by atoms with van der Waals surface area (Å²) in [5, 5.41) is 2.82. The van der Waals surface area contributed by atoms with E-state index in [1.807, 2.05) is 24.3 Å². The normalized spacial score (nSPS) is 15.9. The van der Waals surface area contributed by atoms with Crippen molar-refractivity contribution >= 4 is 17.5 Å². The van der Waals surface area contributed by atoms with Gasteiger partial charge >= 0.3 is 0 Å². The van der Waals surface area contributed by atoms with E-state index < -0.39 is 11.7 Å². The summed E-state index contributed by atoms with van der Waals surface area (Å²) < 4.78 is 25.3. The van der Waals surface area contributed by atoms with Crippen molar-refractivity contribution in [3.05, 3.63) is 58.4 Å². The lowest BCUT2D eigenvalue weighted by molar-refractivity contribution is 0.0811. The van der Waals surface area contributed by atoms with Crippen molar-refractivity contribution < 1.29 is 18.7 Å². The third-order valence-corrected chi connectivity index (χ3v) is 4.32. The molecule has 0 aromatic heterocycles. The maximum atomic E-state index is 13.8. The third kappa shape index (κ3) is 3.46. The van der Waals surface area contributed by atoms with E-state index in [2.05, 4.69) is 5.32 Å². The van der Waals surface area contributed by atoms with Crippen LogP contribution >= 0.6 is 11.6 Å². The van der Waals surface area contributed by atoms with Crippen LogP contribution in [0.4, 0.5) is 4.39 Å². The molecule has 126 valence electrons. The molecule has 0 spiro atoms. The first kappa shape index (κ1) is 16.6. The minimum Gasteiger partial charge on any atom is -0.486 e. The van der Waals surface area contributed by atoms with Crippen LogP contribution in [0.15, 0.2) is 36.4 Å². The summed E-state index contributed by atoms with van der Waals surface area (Å²) in [6.45, 7) is 2.47. The van der Waals surface area contributed by atoms with Gasteiger partial charge in [-0.05, 0) is 30.7 Å². The van der Waals surface area contributed by atoms with Crippen LogP contribution < -0.4 is 14.8 Å². The first-order valence-corrected chi connectivity index (χ1v) is 8.05. The molecule has 0 fully saturated rings. The maximum absolute atomic E-state index is 13.8. The Bertz CT molecular complexity index is 766. The first-order valence-electron chi connectivity index (χ1n) is 7.67. The highest BCUT2D eigenvalue weighted by atomic mass is 35.5. The molecule has 0 radical (unpaired) electrons. The van der Waals surface area contributed by atoms with Gasteiger partial charge in [-0.2, -0.15) is 0 Å². The number of amides is 1. The highest BCUT2D eigenvalue weighted by Crippen LogP contribution is 2.31. The number of halogens is 2. The molecule has 1 unspecified atom stereocenters. The van der Waals surface area contributed by atoms with E-state index in [0.29, 0.717) is 36.6 Å². The molecule has 1 N–H and O–H groups in total. The fourth-order valence-electron chi connectivity index (χ4n) is 2.51. The van der Waals surface area contributed by atoms with Crippen molar-refractivity contribution in [3.8, 4) is 11.5 Å². The van der Waals surface area contributed by atoms with Gasteiger partial charge in [0.1, 0.15) is 18.5 Å². The van der Waals surface area contributed by atoms with Crippen LogP contribution in [0.25, 0.3) is 0 Å². The molecule has 0 saturated heterocycles. The largest absolute Gasteiger partial charge is 0.486 e. The Morgan fingerprint density at radius 1 is 1.29 bits per heavy atom. The molecule has 0 bridgehead atoms. The predicted molar refractivity (Wildman–Crippen MR) is 89.5 cm³/mol.